The van der Waals surface area contributed by atoms with Gasteiger partial charge in [-0.3, -0.25) is 19.7 Å². The Labute approximate surface area is 170 Å². The number of hydrogen-bond donors (Lipinski definition) is 0. The monoisotopic (exact) mass is 411 g/mol. The van der Waals surface area contributed by atoms with Crippen LogP contribution in [0.1, 0.15) is 77.6 Å². The van der Waals surface area contributed by atoms with E-state index in [0.29, 0.717) is 32.3 Å². The molecule has 0 saturated carbocycles. The molecule has 29 heavy (non-hydrogen) atoms. The number of nitrogens with zero attached hydrogens (tertiary/aromatic N) is 1. The van der Waals surface area contributed by atoms with Gasteiger partial charge in [0.1, 0.15) is 5.82 Å². The predicted molar refractivity (Wildman–Crippen MR) is 106 cm³/mol. The number of halogens is 1. The van der Waals surface area contributed by atoms with Crippen molar-refractivity contribution in [3.63, 3.8) is 0 Å². The number of nitro benzene ring substituents is 1. The zero-order chi connectivity index (χ0) is 21.5. The SMILES string of the molecule is CCCCCCCCOC(=O)CCCCCC(=O)Oc1cc(F)ccc1[N+](=O)[O-]. The number of carbonyl (C=O) groups is 2. The Bertz CT molecular complexity index is 665. The third kappa shape index (κ3) is 11.2. The van der Waals surface area contributed by atoms with E-state index in [4.69, 9.17) is 9.47 Å². The number of carbonyl (C=O) groups excluding carboxylic acids is 2. The van der Waals surface area contributed by atoms with Crippen molar-refractivity contribution in [2.24, 2.45) is 0 Å². The van der Waals surface area contributed by atoms with Crippen molar-refractivity contribution in [3.05, 3.63) is 34.1 Å². The fourth-order valence-corrected chi connectivity index (χ4v) is 2.75. The average Bonchev–Trinajstić information content (AvgIpc) is 2.66. The number of ether oxygens (including phenoxy) is 2. The standard InChI is InChI=1S/C21H30FNO6/c1-2-3-4-5-6-10-15-28-20(24)11-8-7-9-12-21(25)29-19-16-17(22)13-14-18(19)23(26)27/h13-14,16H,2-12,15H2,1H3. The number of esters is 2. The quantitative estimate of drug-likeness (QED) is 0.124. The number of nitro groups is 1. The van der Waals surface area contributed by atoms with Crippen LogP contribution in [0.5, 0.6) is 5.75 Å². The highest BCUT2D eigenvalue weighted by Gasteiger charge is 2.18. The minimum atomic E-state index is -0.737. The van der Waals surface area contributed by atoms with Crippen molar-refractivity contribution in [1.82, 2.24) is 0 Å². The van der Waals surface area contributed by atoms with Crippen LogP contribution in [0.2, 0.25) is 0 Å². The van der Waals surface area contributed by atoms with Crippen LogP contribution in [0, 0.1) is 15.9 Å². The van der Waals surface area contributed by atoms with Gasteiger partial charge in [-0.1, -0.05) is 45.4 Å². The Morgan fingerprint density at radius 2 is 1.59 bits per heavy atom. The fraction of sp³-hybridized carbons (Fsp3) is 0.619. The van der Waals surface area contributed by atoms with E-state index in [1.807, 2.05) is 0 Å². The molecule has 1 aromatic carbocycles. The Morgan fingerprint density at radius 3 is 2.28 bits per heavy atom. The van der Waals surface area contributed by atoms with Gasteiger partial charge in [0.15, 0.2) is 0 Å². The van der Waals surface area contributed by atoms with Crippen molar-refractivity contribution in [2.45, 2.75) is 77.6 Å². The Balaban J connectivity index is 2.13. The molecule has 0 radical (unpaired) electrons. The molecule has 0 saturated heterocycles. The molecule has 0 aliphatic heterocycles. The van der Waals surface area contributed by atoms with Crippen LogP contribution >= 0.6 is 0 Å². The van der Waals surface area contributed by atoms with Gasteiger partial charge in [-0.25, -0.2) is 4.39 Å². The van der Waals surface area contributed by atoms with Crippen LogP contribution < -0.4 is 4.74 Å². The summed E-state index contributed by atoms with van der Waals surface area (Å²) in [5.41, 5.74) is -0.465. The van der Waals surface area contributed by atoms with Crippen LogP contribution in [0.3, 0.4) is 0 Å². The normalized spacial score (nSPS) is 10.6. The van der Waals surface area contributed by atoms with Crippen LogP contribution in [0.15, 0.2) is 18.2 Å². The van der Waals surface area contributed by atoms with E-state index < -0.39 is 28.1 Å². The second-order valence-corrected chi connectivity index (χ2v) is 6.89. The summed E-state index contributed by atoms with van der Waals surface area (Å²) in [6.07, 6.45) is 8.78. The third-order valence-electron chi connectivity index (χ3n) is 4.37. The van der Waals surface area contributed by atoms with E-state index in [2.05, 4.69) is 6.92 Å². The molecule has 0 spiro atoms. The summed E-state index contributed by atoms with van der Waals surface area (Å²) in [7, 11) is 0. The van der Waals surface area contributed by atoms with Gasteiger partial charge in [0.2, 0.25) is 5.75 Å². The first-order valence-electron chi connectivity index (χ1n) is 10.2. The molecular formula is C21H30FNO6. The van der Waals surface area contributed by atoms with Crippen LogP contribution in [0.25, 0.3) is 0 Å². The van der Waals surface area contributed by atoms with Crippen LogP contribution in [0.4, 0.5) is 10.1 Å². The lowest BCUT2D eigenvalue weighted by Gasteiger charge is -2.06. The summed E-state index contributed by atoms with van der Waals surface area (Å²) >= 11 is 0. The third-order valence-corrected chi connectivity index (χ3v) is 4.37. The summed E-state index contributed by atoms with van der Waals surface area (Å²) in [4.78, 5) is 33.6. The molecule has 1 aromatic rings. The largest absolute Gasteiger partial charge is 0.466 e. The van der Waals surface area contributed by atoms with Gasteiger partial charge >= 0.3 is 17.6 Å². The summed E-state index contributed by atoms with van der Waals surface area (Å²) in [5, 5.41) is 10.9. The van der Waals surface area contributed by atoms with Gasteiger partial charge in [0.25, 0.3) is 0 Å². The molecule has 1 rings (SSSR count). The molecule has 0 aliphatic rings. The molecule has 0 aromatic heterocycles. The molecule has 0 fully saturated rings. The number of hydrogen-bond acceptors (Lipinski definition) is 6. The molecule has 7 nitrogen and oxygen atoms in total. The Morgan fingerprint density at radius 1 is 0.966 bits per heavy atom. The van der Waals surface area contributed by atoms with Gasteiger partial charge in [0, 0.05) is 25.0 Å². The Hall–Kier alpha value is -2.51. The summed E-state index contributed by atoms with van der Waals surface area (Å²) in [6, 6.07) is 2.70. The first kappa shape index (κ1) is 24.5. The van der Waals surface area contributed by atoms with Crippen molar-refractivity contribution in [2.75, 3.05) is 6.61 Å². The number of unbranched alkanes of at least 4 members (excludes halogenated alkanes) is 7. The zero-order valence-corrected chi connectivity index (χ0v) is 17.0. The first-order chi connectivity index (χ1) is 13.9. The highest BCUT2D eigenvalue weighted by molar-refractivity contribution is 5.73. The van der Waals surface area contributed by atoms with E-state index in [0.717, 1.165) is 31.0 Å². The first-order valence-corrected chi connectivity index (χ1v) is 10.2. The molecule has 0 heterocycles. The van der Waals surface area contributed by atoms with Gasteiger partial charge in [-0.15, -0.1) is 0 Å². The fourth-order valence-electron chi connectivity index (χ4n) is 2.75. The van der Waals surface area contributed by atoms with Crippen molar-refractivity contribution in [1.29, 1.82) is 0 Å². The number of rotatable bonds is 15. The van der Waals surface area contributed by atoms with E-state index in [1.54, 1.807) is 0 Å². The lowest BCUT2D eigenvalue weighted by molar-refractivity contribution is -0.385. The predicted octanol–water partition coefficient (Wildman–Crippen LogP) is 5.49. The lowest BCUT2D eigenvalue weighted by atomic mass is 10.1. The summed E-state index contributed by atoms with van der Waals surface area (Å²) in [6.45, 7) is 2.62. The zero-order valence-electron chi connectivity index (χ0n) is 17.0. The molecule has 0 bridgehead atoms. The maximum absolute atomic E-state index is 13.2. The van der Waals surface area contributed by atoms with Crippen molar-refractivity contribution < 1.29 is 28.4 Å². The van der Waals surface area contributed by atoms with Gasteiger partial charge in [-0.2, -0.15) is 0 Å². The van der Waals surface area contributed by atoms with Crippen LogP contribution in [-0.2, 0) is 14.3 Å². The van der Waals surface area contributed by atoms with Crippen LogP contribution in [-0.4, -0.2) is 23.5 Å². The van der Waals surface area contributed by atoms with Crippen molar-refractivity contribution >= 4 is 17.6 Å². The lowest BCUT2D eigenvalue weighted by Crippen LogP contribution is -2.09. The highest BCUT2D eigenvalue weighted by atomic mass is 19.1. The summed E-state index contributed by atoms with van der Waals surface area (Å²) in [5.74, 6) is -2.04. The summed E-state index contributed by atoms with van der Waals surface area (Å²) < 4.78 is 23.3. The number of benzene rings is 1. The van der Waals surface area contributed by atoms with E-state index in [1.165, 1.54) is 25.7 Å². The molecule has 0 atom stereocenters. The van der Waals surface area contributed by atoms with Gasteiger partial charge in [-0.05, 0) is 25.3 Å². The second kappa shape index (κ2) is 14.5. The van der Waals surface area contributed by atoms with Gasteiger partial charge in [0.05, 0.1) is 11.5 Å². The topological polar surface area (TPSA) is 95.7 Å². The average molecular weight is 411 g/mol. The second-order valence-electron chi connectivity index (χ2n) is 6.89. The van der Waals surface area contributed by atoms with Crippen molar-refractivity contribution in [3.8, 4) is 5.75 Å². The minimum Gasteiger partial charge on any atom is -0.466 e. The minimum absolute atomic E-state index is 0.0282. The van der Waals surface area contributed by atoms with E-state index in [9.17, 15) is 24.1 Å². The Kier molecular flexibility index (Phi) is 12.2. The molecule has 162 valence electrons. The molecular weight excluding hydrogens is 381 g/mol. The molecule has 0 aliphatic carbocycles. The maximum atomic E-state index is 13.2. The molecule has 8 heteroatoms. The van der Waals surface area contributed by atoms with Gasteiger partial charge < -0.3 is 9.47 Å². The van der Waals surface area contributed by atoms with E-state index >= 15 is 0 Å². The molecule has 0 N–H and O–H groups in total. The smallest absolute Gasteiger partial charge is 0.311 e. The molecule has 0 amide bonds. The molecule has 0 unspecified atom stereocenters. The van der Waals surface area contributed by atoms with E-state index in [-0.39, 0.29) is 12.4 Å². The highest BCUT2D eigenvalue weighted by Crippen LogP contribution is 2.28. The maximum Gasteiger partial charge on any atom is 0.311 e.